The predicted molar refractivity (Wildman–Crippen MR) is 119 cm³/mol. The predicted octanol–water partition coefficient (Wildman–Crippen LogP) is 4.41. The van der Waals surface area contributed by atoms with Crippen molar-refractivity contribution in [3.05, 3.63) is 12.7 Å². The highest BCUT2D eigenvalue weighted by atomic mass is 28.4. The molecule has 0 saturated heterocycles. The van der Waals surface area contributed by atoms with Crippen LogP contribution in [-0.4, -0.2) is 49.2 Å². The summed E-state index contributed by atoms with van der Waals surface area (Å²) >= 11 is 0. The monoisotopic (exact) mass is 426 g/mol. The van der Waals surface area contributed by atoms with Gasteiger partial charge in [-0.2, -0.15) is 0 Å². The molecule has 1 unspecified atom stereocenters. The summed E-state index contributed by atoms with van der Waals surface area (Å²) in [5.74, 6) is 1.16. The zero-order valence-corrected chi connectivity index (χ0v) is 21.3. The van der Waals surface area contributed by atoms with E-state index in [1.54, 1.807) is 0 Å². The molecule has 1 atom stereocenters. The Balaban J connectivity index is 6.41. The van der Waals surface area contributed by atoms with Crippen LogP contribution in [0, 0.1) is 22.8 Å². The Labute approximate surface area is 173 Å². The van der Waals surface area contributed by atoms with E-state index in [1.807, 2.05) is 0 Å². The van der Waals surface area contributed by atoms with Crippen LogP contribution in [0.15, 0.2) is 12.7 Å². The lowest BCUT2D eigenvalue weighted by Gasteiger charge is -2.39. The third-order valence-electron chi connectivity index (χ3n) is 5.20. The van der Waals surface area contributed by atoms with Gasteiger partial charge in [0.05, 0.1) is 20.1 Å². The minimum Gasteiger partial charge on any atom is -0.468 e. The molecule has 0 bridgehead atoms. The number of ether oxygens (including phenoxy) is 2. The molecule has 7 heteroatoms. The van der Waals surface area contributed by atoms with E-state index in [0.29, 0.717) is 0 Å². The highest BCUT2D eigenvalue weighted by Crippen LogP contribution is 2.40. The summed E-state index contributed by atoms with van der Waals surface area (Å²) in [4.78, 5) is 25.7. The molecule has 0 spiro atoms. The van der Waals surface area contributed by atoms with Crippen molar-refractivity contribution in [3.63, 3.8) is 0 Å². The van der Waals surface area contributed by atoms with Crippen LogP contribution in [0.3, 0.4) is 0 Å². The maximum Gasteiger partial charge on any atom is 0.324 e. The van der Waals surface area contributed by atoms with Crippen molar-refractivity contribution in [2.24, 2.45) is 11.3 Å². The van der Waals surface area contributed by atoms with Gasteiger partial charge in [0.2, 0.25) is 0 Å². The third kappa shape index (κ3) is 6.61. The molecule has 0 amide bonds. The molecular formula is C21H38O5Si2. The molecule has 0 fully saturated rings. The van der Waals surface area contributed by atoms with Gasteiger partial charge in [0.25, 0.3) is 0 Å². The Morgan fingerprint density at radius 3 is 1.82 bits per heavy atom. The molecule has 0 rings (SSSR count). The number of carbonyl (C=O) groups is 2. The van der Waals surface area contributed by atoms with Gasteiger partial charge in [-0.1, -0.05) is 46.5 Å². The van der Waals surface area contributed by atoms with E-state index in [4.69, 9.17) is 13.9 Å². The van der Waals surface area contributed by atoms with Crippen LogP contribution in [0.4, 0.5) is 0 Å². The van der Waals surface area contributed by atoms with Crippen LogP contribution in [0.1, 0.15) is 27.2 Å². The molecule has 5 nitrogen and oxygen atoms in total. The maximum atomic E-state index is 12.8. The quantitative estimate of drug-likeness (QED) is 0.189. The third-order valence-corrected chi connectivity index (χ3v) is 10.6. The number of hydrogen-bond donors (Lipinski definition) is 0. The van der Waals surface area contributed by atoms with Crippen molar-refractivity contribution >= 4 is 28.3 Å². The normalized spacial score (nSPS) is 13.8. The lowest BCUT2D eigenvalue weighted by atomic mass is 9.73. The Morgan fingerprint density at radius 1 is 1.04 bits per heavy atom. The number of allylic oxidation sites excluding steroid dienone is 1. The van der Waals surface area contributed by atoms with Gasteiger partial charge in [0.1, 0.15) is 8.07 Å². The van der Waals surface area contributed by atoms with Gasteiger partial charge in [-0.05, 0) is 24.6 Å². The summed E-state index contributed by atoms with van der Waals surface area (Å²) in [6.45, 7) is 20.9. The average Bonchev–Trinajstić information content (AvgIpc) is 2.56. The van der Waals surface area contributed by atoms with Gasteiger partial charge in [-0.15, -0.1) is 18.0 Å². The summed E-state index contributed by atoms with van der Waals surface area (Å²) in [5.41, 5.74) is 1.70. The van der Waals surface area contributed by atoms with E-state index in [-0.39, 0.29) is 18.1 Å². The molecule has 0 aromatic rings. The largest absolute Gasteiger partial charge is 0.468 e. The molecule has 0 aliphatic rings. The smallest absolute Gasteiger partial charge is 0.324 e. The lowest BCUT2D eigenvalue weighted by Crippen LogP contribution is -2.50. The Morgan fingerprint density at radius 2 is 1.50 bits per heavy atom. The van der Waals surface area contributed by atoms with Crippen LogP contribution >= 0.6 is 0 Å². The Bertz CT molecular complexity index is 614. The van der Waals surface area contributed by atoms with Crippen molar-refractivity contribution in [2.45, 2.75) is 65.0 Å². The van der Waals surface area contributed by atoms with E-state index >= 15 is 0 Å². The first-order chi connectivity index (χ1) is 12.6. The van der Waals surface area contributed by atoms with E-state index in [0.717, 1.165) is 0 Å². The van der Waals surface area contributed by atoms with Gasteiger partial charge in [-0.25, -0.2) is 0 Å². The molecule has 0 N–H and O–H groups in total. The highest BCUT2D eigenvalue weighted by Gasteiger charge is 2.54. The minimum atomic E-state index is -2.12. The summed E-state index contributed by atoms with van der Waals surface area (Å²) in [5, 5.41) is -0.0125. The van der Waals surface area contributed by atoms with E-state index < -0.39 is 39.7 Å². The highest BCUT2D eigenvalue weighted by molar-refractivity contribution is 6.83. The molecule has 0 heterocycles. The standard InChI is InChI=1S/C21H38O5Si2/c1-12-14-21(18(22)24-5,19(23)25-6)17(13-15-27(7,8)9)16-26-28(10,11)20(2,3)4/h12,17H,1,14,16H2,2-11H3. The zero-order valence-electron chi connectivity index (χ0n) is 19.3. The molecule has 0 aromatic heterocycles. The summed E-state index contributed by atoms with van der Waals surface area (Å²) < 4.78 is 16.4. The maximum absolute atomic E-state index is 12.8. The van der Waals surface area contributed by atoms with Crippen molar-refractivity contribution in [2.75, 3.05) is 20.8 Å². The van der Waals surface area contributed by atoms with E-state index in [9.17, 15) is 9.59 Å². The minimum absolute atomic E-state index is 0.0125. The number of rotatable bonds is 8. The summed E-state index contributed by atoms with van der Waals surface area (Å²) in [7, 11) is -1.35. The van der Waals surface area contributed by atoms with Gasteiger partial charge in [0, 0.05) is 6.61 Å². The van der Waals surface area contributed by atoms with E-state index in [2.05, 4.69) is 71.5 Å². The van der Waals surface area contributed by atoms with Crippen LogP contribution in [0.25, 0.3) is 0 Å². The van der Waals surface area contributed by atoms with Crippen LogP contribution in [0.5, 0.6) is 0 Å². The van der Waals surface area contributed by atoms with Crippen molar-refractivity contribution in [1.82, 2.24) is 0 Å². The van der Waals surface area contributed by atoms with Gasteiger partial charge in [0.15, 0.2) is 13.7 Å². The number of esters is 2. The van der Waals surface area contributed by atoms with Crippen molar-refractivity contribution in [3.8, 4) is 11.5 Å². The number of hydrogen-bond acceptors (Lipinski definition) is 5. The van der Waals surface area contributed by atoms with Crippen molar-refractivity contribution < 1.29 is 23.5 Å². The number of methoxy groups -OCH3 is 2. The fourth-order valence-electron chi connectivity index (χ4n) is 2.39. The van der Waals surface area contributed by atoms with Crippen LogP contribution < -0.4 is 0 Å². The zero-order chi connectivity index (χ0) is 22.4. The second-order valence-electron chi connectivity index (χ2n) is 9.59. The summed E-state index contributed by atoms with van der Waals surface area (Å²) in [6, 6.07) is 0. The fourth-order valence-corrected chi connectivity index (χ4v) is 4.01. The first-order valence-corrected chi connectivity index (χ1v) is 15.9. The SMILES string of the molecule is C=CCC(C(=O)OC)(C(=O)OC)C(C#C[Si](C)(C)C)CO[Si](C)(C)C(C)(C)C. The van der Waals surface area contributed by atoms with Gasteiger partial charge < -0.3 is 13.9 Å². The second kappa shape index (κ2) is 9.90. The Kier molecular flexibility index (Phi) is 9.42. The number of carbonyl (C=O) groups excluding carboxylic acids is 2. The summed E-state index contributed by atoms with van der Waals surface area (Å²) in [6.07, 6.45) is 1.60. The molecule has 0 aliphatic heterocycles. The van der Waals surface area contributed by atoms with Crippen LogP contribution in [0.2, 0.25) is 37.8 Å². The topological polar surface area (TPSA) is 61.8 Å². The fraction of sp³-hybridized carbons (Fsp3) is 0.714. The lowest BCUT2D eigenvalue weighted by molar-refractivity contribution is -0.172. The molecular weight excluding hydrogens is 388 g/mol. The average molecular weight is 427 g/mol. The molecule has 0 radical (unpaired) electrons. The second-order valence-corrected chi connectivity index (χ2v) is 19.1. The molecule has 0 saturated carbocycles. The molecule has 0 aliphatic carbocycles. The van der Waals surface area contributed by atoms with Crippen LogP contribution in [-0.2, 0) is 23.5 Å². The van der Waals surface area contributed by atoms with Gasteiger partial charge >= 0.3 is 11.9 Å². The molecule has 28 heavy (non-hydrogen) atoms. The first kappa shape index (κ1) is 26.6. The van der Waals surface area contributed by atoms with Gasteiger partial charge in [-0.3, -0.25) is 9.59 Å². The Hall–Kier alpha value is -1.37. The first-order valence-electron chi connectivity index (χ1n) is 9.53. The molecule has 160 valence electrons. The van der Waals surface area contributed by atoms with E-state index in [1.165, 1.54) is 20.3 Å². The molecule has 0 aromatic carbocycles. The van der Waals surface area contributed by atoms with Crippen molar-refractivity contribution in [1.29, 1.82) is 0 Å².